The maximum Gasteiger partial charge on any atom is 0.387 e. The number of anilines is 1. The average Bonchev–Trinajstić information content (AvgIpc) is 3.16. The molecule has 0 radical (unpaired) electrons. The van der Waals surface area contributed by atoms with E-state index >= 15 is 0 Å². The van der Waals surface area contributed by atoms with Crippen molar-refractivity contribution in [3.8, 4) is 17.0 Å². The molecule has 0 saturated carbocycles. The van der Waals surface area contributed by atoms with E-state index in [1.54, 1.807) is 12.1 Å². The minimum atomic E-state index is -2.90. The van der Waals surface area contributed by atoms with Gasteiger partial charge >= 0.3 is 6.61 Å². The highest BCUT2D eigenvalue weighted by molar-refractivity contribution is 5.90. The maximum absolute atomic E-state index is 12.4. The standard InChI is InChI=1S/C21H19F2N3O4/c1-13(27)24-17(14-5-3-2-4-6-14)11-19(28)25-20-12-18(26-30-20)15-7-9-16(10-8-15)29-21(22)23/h2-10,12,17,21H,11H2,1H3,(H,24,27)(H,25,28)/t17-/m1/s1. The van der Waals surface area contributed by atoms with Gasteiger partial charge in [0.25, 0.3) is 0 Å². The molecule has 0 aliphatic carbocycles. The van der Waals surface area contributed by atoms with E-state index in [9.17, 15) is 18.4 Å². The molecule has 0 saturated heterocycles. The van der Waals surface area contributed by atoms with E-state index in [2.05, 4.69) is 20.5 Å². The fourth-order valence-electron chi connectivity index (χ4n) is 2.83. The van der Waals surface area contributed by atoms with Gasteiger partial charge in [0.1, 0.15) is 11.4 Å². The number of ether oxygens (including phenoxy) is 1. The largest absolute Gasteiger partial charge is 0.435 e. The smallest absolute Gasteiger partial charge is 0.387 e. The summed E-state index contributed by atoms with van der Waals surface area (Å²) in [6.45, 7) is -1.52. The van der Waals surface area contributed by atoms with Crippen molar-refractivity contribution in [1.29, 1.82) is 0 Å². The molecular weight excluding hydrogens is 396 g/mol. The normalized spacial score (nSPS) is 11.7. The minimum Gasteiger partial charge on any atom is -0.435 e. The van der Waals surface area contributed by atoms with Crippen LogP contribution in [0.3, 0.4) is 0 Å². The highest BCUT2D eigenvalue weighted by Crippen LogP contribution is 2.25. The van der Waals surface area contributed by atoms with E-state index in [1.807, 2.05) is 30.3 Å². The van der Waals surface area contributed by atoms with Crippen LogP contribution < -0.4 is 15.4 Å². The predicted octanol–water partition coefficient (Wildman–Crippen LogP) is 4.15. The molecule has 30 heavy (non-hydrogen) atoms. The van der Waals surface area contributed by atoms with Crippen LogP contribution >= 0.6 is 0 Å². The lowest BCUT2D eigenvalue weighted by Crippen LogP contribution is -2.29. The highest BCUT2D eigenvalue weighted by Gasteiger charge is 2.18. The number of carbonyl (C=O) groups is 2. The molecule has 0 bridgehead atoms. The summed E-state index contributed by atoms with van der Waals surface area (Å²) in [4.78, 5) is 23.9. The molecule has 9 heteroatoms. The zero-order valence-electron chi connectivity index (χ0n) is 16.0. The van der Waals surface area contributed by atoms with Gasteiger partial charge in [-0.2, -0.15) is 8.78 Å². The third-order valence-corrected chi connectivity index (χ3v) is 4.12. The second kappa shape index (κ2) is 9.64. The monoisotopic (exact) mass is 415 g/mol. The van der Waals surface area contributed by atoms with E-state index in [1.165, 1.54) is 25.1 Å². The van der Waals surface area contributed by atoms with Gasteiger partial charge in [-0.1, -0.05) is 35.5 Å². The Morgan fingerprint density at radius 3 is 2.43 bits per heavy atom. The van der Waals surface area contributed by atoms with Crippen LogP contribution in [0.1, 0.15) is 24.9 Å². The first-order valence-corrected chi connectivity index (χ1v) is 9.04. The SMILES string of the molecule is CC(=O)N[C@H](CC(=O)Nc1cc(-c2ccc(OC(F)F)cc2)no1)c1ccccc1. The lowest BCUT2D eigenvalue weighted by Gasteiger charge is -2.17. The lowest BCUT2D eigenvalue weighted by molar-refractivity contribution is -0.120. The van der Waals surface area contributed by atoms with E-state index < -0.39 is 12.7 Å². The van der Waals surface area contributed by atoms with Crippen LogP contribution in [0.25, 0.3) is 11.3 Å². The molecule has 0 aliphatic rings. The van der Waals surface area contributed by atoms with Crippen molar-refractivity contribution in [2.45, 2.75) is 26.0 Å². The van der Waals surface area contributed by atoms with Crippen LogP contribution in [0.5, 0.6) is 5.75 Å². The van der Waals surface area contributed by atoms with Crippen LogP contribution in [0, 0.1) is 0 Å². The van der Waals surface area contributed by atoms with Crippen LogP contribution in [0.15, 0.2) is 65.2 Å². The number of carbonyl (C=O) groups excluding carboxylic acids is 2. The molecule has 3 aromatic rings. The van der Waals surface area contributed by atoms with Gasteiger partial charge in [-0.05, 0) is 29.8 Å². The van der Waals surface area contributed by atoms with Crippen molar-refractivity contribution in [3.63, 3.8) is 0 Å². The van der Waals surface area contributed by atoms with Crippen molar-refractivity contribution in [3.05, 3.63) is 66.2 Å². The summed E-state index contributed by atoms with van der Waals surface area (Å²) in [6, 6.07) is 16.0. The Bertz CT molecular complexity index is 991. The zero-order chi connectivity index (χ0) is 21.5. The first-order chi connectivity index (χ1) is 14.4. The summed E-state index contributed by atoms with van der Waals surface area (Å²) in [5, 5.41) is 9.22. The molecule has 1 atom stereocenters. The van der Waals surface area contributed by atoms with Crippen molar-refractivity contribution >= 4 is 17.7 Å². The van der Waals surface area contributed by atoms with Gasteiger partial charge in [-0.15, -0.1) is 0 Å². The summed E-state index contributed by atoms with van der Waals surface area (Å²) in [7, 11) is 0. The summed E-state index contributed by atoms with van der Waals surface area (Å²) in [6.07, 6.45) is -0.000704. The number of alkyl halides is 2. The van der Waals surface area contributed by atoms with E-state index in [4.69, 9.17) is 4.52 Å². The van der Waals surface area contributed by atoms with Gasteiger partial charge in [0.15, 0.2) is 0 Å². The van der Waals surface area contributed by atoms with Gasteiger partial charge in [0, 0.05) is 18.6 Å². The van der Waals surface area contributed by atoms with E-state index in [0.717, 1.165) is 5.56 Å². The second-order valence-corrected chi connectivity index (χ2v) is 6.40. The molecule has 0 spiro atoms. The van der Waals surface area contributed by atoms with Crippen molar-refractivity contribution in [2.24, 2.45) is 0 Å². The molecule has 156 valence electrons. The topological polar surface area (TPSA) is 93.5 Å². The molecule has 2 aromatic carbocycles. The fraction of sp³-hybridized carbons (Fsp3) is 0.190. The Morgan fingerprint density at radius 2 is 1.80 bits per heavy atom. The number of nitrogens with zero attached hydrogens (tertiary/aromatic N) is 1. The Hall–Kier alpha value is -3.75. The number of benzene rings is 2. The molecule has 0 aliphatic heterocycles. The van der Waals surface area contributed by atoms with Gasteiger partial charge in [-0.25, -0.2) is 0 Å². The number of hydrogen-bond donors (Lipinski definition) is 2. The lowest BCUT2D eigenvalue weighted by atomic mass is 10.0. The molecule has 1 aromatic heterocycles. The highest BCUT2D eigenvalue weighted by atomic mass is 19.3. The summed E-state index contributed by atoms with van der Waals surface area (Å²) < 4.78 is 33.9. The number of aromatic nitrogens is 1. The third kappa shape index (κ3) is 5.87. The van der Waals surface area contributed by atoms with Gasteiger partial charge in [-0.3, -0.25) is 14.9 Å². The Kier molecular flexibility index (Phi) is 6.74. The Balaban J connectivity index is 1.64. The van der Waals surface area contributed by atoms with Gasteiger partial charge < -0.3 is 14.6 Å². The third-order valence-electron chi connectivity index (χ3n) is 4.12. The zero-order valence-corrected chi connectivity index (χ0v) is 16.0. The minimum absolute atomic E-state index is 0.000704. The second-order valence-electron chi connectivity index (χ2n) is 6.40. The molecule has 2 N–H and O–H groups in total. The van der Waals surface area contributed by atoms with Crippen molar-refractivity contribution in [2.75, 3.05) is 5.32 Å². The molecule has 0 fully saturated rings. The van der Waals surface area contributed by atoms with E-state index in [0.29, 0.717) is 11.3 Å². The summed E-state index contributed by atoms with van der Waals surface area (Å²) >= 11 is 0. The molecule has 3 rings (SSSR count). The Morgan fingerprint density at radius 1 is 1.10 bits per heavy atom. The Labute approximate surface area is 171 Å². The van der Waals surface area contributed by atoms with E-state index in [-0.39, 0.29) is 29.9 Å². The summed E-state index contributed by atoms with van der Waals surface area (Å²) in [5.41, 5.74) is 1.81. The first-order valence-electron chi connectivity index (χ1n) is 9.04. The molecule has 7 nitrogen and oxygen atoms in total. The van der Waals surface area contributed by atoms with Gasteiger partial charge in [0.2, 0.25) is 17.7 Å². The molecule has 2 amide bonds. The maximum atomic E-state index is 12.4. The van der Waals surface area contributed by atoms with Crippen molar-refractivity contribution < 1.29 is 27.6 Å². The van der Waals surface area contributed by atoms with Gasteiger partial charge in [0.05, 0.1) is 12.5 Å². The number of nitrogens with one attached hydrogen (secondary N) is 2. The number of amides is 2. The first kappa shape index (κ1) is 21.0. The van der Waals surface area contributed by atoms with Crippen molar-refractivity contribution in [1.82, 2.24) is 10.5 Å². The molecule has 0 unspecified atom stereocenters. The van der Waals surface area contributed by atoms with Crippen LogP contribution in [-0.2, 0) is 9.59 Å². The quantitative estimate of drug-likeness (QED) is 0.577. The predicted molar refractivity (Wildman–Crippen MR) is 105 cm³/mol. The number of halogens is 2. The number of rotatable bonds is 8. The van der Waals surface area contributed by atoms with Crippen LogP contribution in [0.2, 0.25) is 0 Å². The number of hydrogen-bond acceptors (Lipinski definition) is 5. The van der Waals surface area contributed by atoms with Crippen LogP contribution in [-0.4, -0.2) is 23.6 Å². The summed E-state index contributed by atoms with van der Waals surface area (Å²) in [5.74, 6) is -0.480. The van der Waals surface area contributed by atoms with Crippen LogP contribution in [0.4, 0.5) is 14.7 Å². The molecule has 1 heterocycles. The average molecular weight is 415 g/mol. The molecular formula is C21H19F2N3O4. The fourth-order valence-corrected chi connectivity index (χ4v) is 2.83.